The van der Waals surface area contributed by atoms with Crippen molar-refractivity contribution in [3.05, 3.63) is 58.6 Å². The summed E-state index contributed by atoms with van der Waals surface area (Å²) in [5, 5.41) is 3.58. The second-order valence-corrected chi connectivity index (χ2v) is 10.9. The summed E-state index contributed by atoms with van der Waals surface area (Å²) in [5.74, 6) is 0.843. The van der Waals surface area contributed by atoms with E-state index in [2.05, 4.69) is 15.3 Å². The van der Waals surface area contributed by atoms with E-state index in [0.717, 1.165) is 32.2 Å². The number of benzene rings is 2. The van der Waals surface area contributed by atoms with Crippen LogP contribution in [-0.4, -0.2) is 71.6 Å². The van der Waals surface area contributed by atoms with E-state index in [9.17, 15) is 9.18 Å². The maximum atomic E-state index is 14.7. The lowest BCUT2D eigenvalue weighted by Crippen LogP contribution is -2.48. The quantitative estimate of drug-likeness (QED) is 0.267. The third-order valence-electron chi connectivity index (χ3n) is 7.18. The van der Waals surface area contributed by atoms with Gasteiger partial charge in [-0.25, -0.2) is 14.4 Å². The van der Waals surface area contributed by atoms with Crippen LogP contribution in [0.4, 0.5) is 15.9 Å². The van der Waals surface area contributed by atoms with Gasteiger partial charge < -0.3 is 24.6 Å². The first-order valence-electron chi connectivity index (χ1n) is 12.8. The highest BCUT2D eigenvalue weighted by Crippen LogP contribution is 2.41. The number of hydrogen-bond acceptors (Lipinski definition) is 7. The van der Waals surface area contributed by atoms with Crippen molar-refractivity contribution in [3.63, 3.8) is 0 Å². The van der Waals surface area contributed by atoms with Gasteiger partial charge in [0.15, 0.2) is 17.3 Å². The average molecular weight is 574 g/mol. The highest BCUT2D eigenvalue weighted by atomic mass is 35.5. The third-order valence-corrected chi connectivity index (χ3v) is 7.96. The topological polar surface area (TPSA) is 79.8 Å². The van der Waals surface area contributed by atoms with Crippen molar-refractivity contribution < 1.29 is 18.7 Å². The van der Waals surface area contributed by atoms with Crippen molar-refractivity contribution in [2.24, 2.45) is 0 Å². The minimum Gasteiger partial charge on any atom is -0.493 e. The Kier molecular flexibility index (Phi) is 8.11. The first kappa shape index (κ1) is 27.4. The molecule has 2 aliphatic rings. The van der Waals surface area contributed by atoms with Crippen LogP contribution in [0.15, 0.2) is 42.7 Å². The predicted molar refractivity (Wildman–Crippen MR) is 151 cm³/mol. The lowest BCUT2D eigenvalue weighted by atomic mass is 9.99. The van der Waals surface area contributed by atoms with Crippen LogP contribution < -0.4 is 14.8 Å². The number of carbonyl (C=O) groups excluding carboxylic acids is 1. The van der Waals surface area contributed by atoms with Crippen LogP contribution in [0.5, 0.6) is 11.5 Å². The van der Waals surface area contributed by atoms with Crippen molar-refractivity contribution >= 4 is 51.5 Å². The van der Waals surface area contributed by atoms with Crippen molar-refractivity contribution in [3.8, 4) is 11.5 Å². The normalized spacial score (nSPS) is 20.7. The predicted octanol–water partition coefficient (Wildman–Crippen LogP) is 5.85. The average Bonchev–Trinajstić information content (AvgIpc) is 3.18. The maximum Gasteiger partial charge on any atom is 0.246 e. The Morgan fingerprint density at radius 1 is 1.18 bits per heavy atom. The molecule has 0 radical (unpaired) electrons. The van der Waals surface area contributed by atoms with E-state index in [1.54, 1.807) is 25.3 Å². The van der Waals surface area contributed by atoms with E-state index < -0.39 is 5.82 Å². The molecule has 1 aromatic heterocycles. The number of halogens is 3. The van der Waals surface area contributed by atoms with Gasteiger partial charge in [0.1, 0.15) is 18.2 Å². The van der Waals surface area contributed by atoms with Crippen LogP contribution in [-0.2, 0) is 4.79 Å². The summed E-state index contributed by atoms with van der Waals surface area (Å²) in [6, 6.07) is 6.85. The van der Waals surface area contributed by atoms with E-state index in [1.807, 2.05) is 30.0 Å². The zero-order chi connectivity index (χ0) is 27.7. The van der Waals surface area contributed by atoms with Gasteiger partial charge in [-0.2, -0.15) is 0 Å². The molecule has 0 unspecified atom stereocenters. The lowest BCUT2D eigenvalue weighted by molar-refractivity contribution is -0.131. The molecule has 2 fully saturated rings. The Balaban J connectivity index is 1.37. The highest BCUT2D eigenvalue weighted by Gasteiger charge is 2.43. The summed E-state index contributed by atoms with van der Waals surface area (Å²) < 4.78 is 26.8. The van der Waals surface area contributed by atoms with Gasteiger partial charge in [0.05, 0.1) is 28.4 Å². The van der Waals surface area contributed by atoms with Crippen molar-refractivity contribution in [1.82, 2.24) is 19.8 Å². The van der Waals surface area contributed by atoms with Crippen molar-refractivity contribution in [1.29, 1.82) is 0 Å². The zero-order valence-corrected chi connectivity index (χ0v) is 23.5. The molecule has 2 aromatic carbocycles. The maximum absolute atomic E-state index is 14.7. The van der Waals surface area contributed by atoms with E-state index in [0.29, 0.717) is 28.2 Å². The minimum absolute atomic E-state index is 0.0634. The number of piperidine rings is 1. The Morgan fingerprint density at radius 2 is 1.92 bits per heavy atom. The van der Waals surface area contributed by atoms with Gasteiger partial charge >= 0.3 is 0 Å². The Hall–Kier alpha value is -3.14. The van der Waals surface area contributed by atoms with Crippen LogP contribution in [0.25, 0.3) is 10.9 Å². The zero-order valence-electron chi connectivity index (χ0n) is 22.0. The number of rotatable bonds is 8. The van der Waals surface area contributed by atoms with Gasteiger partial charge in [-0.15, -0.1) is 0 Å². The molecule has 5 rings (SSSR count). The molecule has 3 heterocycles. The van der Waals surface area contributed by atoms with Crippen molar-refractivity contribution in [2.75, 3.05) is 33.1 Å². The van der Waals surface area contributed by atoms with Gasteiger partial charge in [-0.3, -0.25) is 4.79 Å². The molecule has 0 saturated carbocycles. The SMILES string of the molecule is COc1cc2ncnc(Nc3ccc(Cl)c(Cl)c3F)c2cc1O[C@@H]1C[C@H]2CC[C@@H](C1)N2C(=O)/C=C/CN(C)C. The first-order valence-corrected chi connectivity index (χ1v) is 13.5. The summed E-state index contributed by atoms with van der Waals surface area (Å²) in [6.45, 7) is 0.723. The van der Waals surface area contributed by atoms with Crippen LogP contribution in [0.3, 0.4) is 0 Å². The number of ether oxygens (including phenoxy) is 2. The molecule has 0 aliphatic carbocycles. The lowest BCUT2D eigenvalue weighted by Gasteiger charge is -2.38. The second-order valence-electron chi connectivity index (χ2n) is 10.1. The van der Waals surface area contributed by atoms with Gasteiger partial charge in [0, 0.05) is 49.0 Å². The van der Waals surface area contributed by atoms with Crippen LogP contribution in [0, 0.1) is 5.82 Å². The largest absolute Gasteiger partial charge is 0.493 e. The molecule has 2 saturated heterocycles. The monoisotopic (exact) mass is 573 g/mol. The number of nitrogens with zero attached hydrogens (tertiary/aromatic N) is 4. The number of likely N-dealkylation sites (N-methyl/N-ethyl adjacent to an activating group) is 1. The number of carbonyl (C=O) groups is 1. The second kappa shape index (κ2) is 11.5. The summed E-state index contributed by atoms with van der Waals surface area (Å²) in [4.78, 5) is 25.6. The number of amides is 1. The van der Waals surface area contributed by atoms with Crippen molar-refractivity contribution in [2.45, 2.75) is 43.9 Å². The van der Waals surface area contributed by atoms with Gasteiger partial charge in [0.2, 0.25) is 5.91 Å². The van der Waals surface area contributed by atoms with Gasteiger partial charge in [-0.1, -0.05) is 29.3 Å². The number of anilines is 2. The highest BCUT2D eigenvalue weighted by molar-refractivity contribution is 6.42. The number of methoxy groups -OCH3 is 1. The molecular formula is C28H30Cl2FN5O3. The summed E-state index contributed by atoms with van der Waals surface area (Å²) in [6.07, 6.45) is 8.28. The van der Waals surface area contributed by atoms with E-state index in [-0.39, 0.29) is 39.8 Å². The molecule has 1 amide bonds. The standard InChI is InChI=1S/C28H30Cl2FN5O3/c1-35(2)10-4-5-25(37)36-16-6-7-17(36)12-18(11-16)39-24-13-19-22(14-23(24)38-3)32-15-33-28(19)34-21-9-8-20(29)26(30)27(21)31/h4-5,8-9,13-18H,6-7,10-12H2,1-3H3,(H,32,33,34)/b5-4+/t16-,17+,18-. The minimum atomic E-state index is -0.672. The number of nitrogens with one attached hydrogen (secondary N) is 1. The molecule has 206 valence electrons. The molecule has 3 atom stereocenters. The molecule has 39 heavy (non-hydrogen) atoms. The molecule has 2 bridgehead atoms. The van der Waals surface area contributed by atoms with E-state index in [4.69, 9.17) is 32.7 Å². The van der Waals surface area contributed by atoms with Gasteiger partial charge in [0.25, 0.3) is 0 Å². The van der Waals surface area contributed by atoms with Crippen LogP contribution in [0.1, 0.15) is 25.7 Å². The summed E-state index contributed by atoms with van der Waals surface area (Å²) in [5.41, 5.74) is 0.734. The van der Waals surface area contributed by atoms with Crippen LogP contribution in [0.2, 0.25) is 10.0 Å². The molecule has 8 nitrogen and oxygen atoms in total. The molecule has 3 aromatic rings. The van der Waals surface area contributed by atoms with Gasteiger partial charge in [-0.05, 0) is 45.1 Å². The Morgan fingerprint density at radius 3 is 2.62 bits per heavy atom. The summed E-state index contributed by atoms with van der Waals surface area (Å²) in [7, 11) is 5.52. The third kappa shape index (κ3) is 5.76. The smallest absolute Gasteiger partial charge is 0.246 e. The van der Waals surface area contributed by atoms with E-state index in [1.165, 1.54) is 18.5 Å². The molecule has 11 heteroatoms. The molecular weight excluding hydrogens is 544 g/mol. The fourth-order valence-electron chi connectivity index (χ4n) is 5.38. The fourth-order valence-corrected chi connectivity index (χ4v) is 5.69. The van der Waals surface area contributed by atoms with E-state index >= 15 is 0 Å². The number of aromatic nitrogens is 2. The Labute approximate surface area is 236 Å². The fraction of sp³-hybridized carbons (Fsp3) is 0.393. The molecule has 1 N–H and O–H groups in total. The molecule has 2 aliphatic heterocycles. The summed E-state index contributed by atoms with van der Waals surface area (Å²) >= 11 is 11.9. The number of fused-ring (bicyclic) bond motifs is 3. The first-order chi connectivity index (χ1) is 18.7. The molecule has 0 spiro atoms. The Bertz CT molecular complexity index is 1410. The van der Waals surface area contributed by atoms with Crippen LogP contribution >= 0.6 is 23.2 Å². The number of hydrogen-bond donors (Lipinski definition) is 1.